The maximum Gasteiger partial charge on any atom is 0.307 e. The highest BCUT2D eigenvalue weighted by atomic mass is 32.1. The zero-order valence-corrected chi connectivity index (χ0v) is 19.8. The van der Waals surface area contributed by atoms with E-state index in [1.807, 2.05) is 72.8 Å². The molecule has 0 atom stereocenters. The highest BCUT2D eigenvalue weighted by molar-refractivity contribution is 7.09. The number of hydrogen-bond donors (Lipinski definition) is 3. The topological polar surface area (TPSA) is 82.2 Å². The molecule has 0 aliphatic rings. The van der Waals surface area contributed by atoms with Gasteiger partial charge < -0.3 is 10.4 Å². The second kappa shape index (κ2) is 9.99. The van der Waals surface area contributed by atoms with E-state index in [2.05, 4.69) is 28.5 Å². The molecule has 174 valence electrons. The molecule has 5 nitrogen and oxygen atoms in total. The van der Waals surface area contributed by atoms with Crippen molar-refractivity contribution in [3.63, 3.8) is 0 Å². The first-order valence-corrected chi connectivity index (χ1v) is 12.2. The van der Waals surface area contributed by atoms with Gasteiger partial charge in [0.1, 0.15) is 0 Å². The number of amides is 1. The third-order valence-electron chi connectivity index (χ3n) is 5.99. The van der Waals surface area contributed by atoms with Gasteiger partial charge in [0.25, 0.3) is 5.91 Å². The van der Waals surface area contributed by atoms with Gasteiger partial charge in [-0.3, -0.25) is 14.6 Å². The van der Waals surface area contributed by atoms with Crippen molar-refractivity contribution in [2.75, 3.05) is 6.54 Å². The number of hydrogen-bond acceptors (Lipinski definition) is 4. The van der Waals surface area contributed by atoms with Crippen molar-refractivity contribution in [1.29, 1.82) is 0 Å². The molecule has 0 fully saturated rings. The quantitative estimate of drug-likeness (QED) is 0.287. The van der Waals surface area contributed by atoms with E-state index < -0.39 is 0 Å². The summed E-state index contributed by atoms with van der Waals surface area (Å²) in [5, 5.41) is 15.0. The minimum absolute atomic E-state index is 0.0514. The molecule has 0 radical (unpaired) electrons. The molecule has 35 heavy (non-hydrogen) atoms. The molecule has 1 heterocycles. The molecule has 0 spiro atoms. The summed E-state index contributed by atoms with van der Waals surface area (Å²) in [7, 11) is 0. The lowest BCUT2D eigenvalue weighted by molar-refractivity contribution is 0.0954. The molecule has 3 N–H and O–H groups in total. The number of nitrogens with one attached hydrogen (secondary N) is 2. The normalized spacial score (nSPS) is 11.0. The molecule has 1 aromatic heterocycles. The average Bonchev–Trinajstić information content (AvgIpc) is 3.20. The Labute approximate surface area is 206 Å². The zero-order chi connectivity index (χ0) is 24.2. The number of carbonyl (C=O) groups is 1. The average molecular weight is 481 g/mol. The van der Waals surface area contributed by atoms with Crippen LogP contribution in [-0.2, 0) is 12.8 Å². The van der Waals surface area contributed by atoms with Gasteiger partial charge in [0, 0.05) is 18.5 Å². The maximum absolute atomic E-state index is 12.6. The van der Waals surface area contributed by atoms with E-state index in [0.29, 0.717) is 23.4 Å². The van der Waals surface area contributed by atoms with Crippen molar-refractivity contribution < 1.29 is 9.90 Å². The molecule has 0 saturated heterocycles. The molecular formula is C29H24N2O3S. The van der Waals surface area contributed by atoms with E-state index in [9.17, 15) is 14.7 Å². The lowest BCUT2D eigenvalue weighted by Gasteiger charge is -2.09. The molecule has 5 aromatic rings. The van der Waals surface area contributed by atoms with Crippen molar-refractivity contribution in [2.24, 2.45) is 0 Å². The second-order valence-corrected chi connectivity index (χ2v) is 9.50. The first kappa shape index (κ1) is 22.6. The zero-order valence-electron chi connectivity index (χ0n) is 19.0. The van der Waals surface area contributed by atoms with Crippen LogP contribution in [0.1, 0.15) is 26.4 Å². The largest absolute Gasteiger partial charge is 0.494 e. The van der Waals surface area contributed by atoms with Gasteiger partial charge in [-0.1, -0.05) is 90.2 Å². The predicted octanol–water partition coefficient (Wildman–Crippen LogP) is 5.53. The molecule has 0 unspecified atom stereocenters. The molecule has 5 rings (SSSR count). The Morgan fingerprint density at radius 1 is 0.829 bits per heavy atom. The van der Waals surface area contributed by atoms with E-state index in [1.54, 1.807) is 0 Å². The van der Waals surface area contributed by atoms with E-state index in [4.69, 9.17) is 0 Å². The van der Waals surface area contributed by atoms with E-state index in [0.717, 1.165) is 50.8 Å². The van der Waals surface area contributed by atoms with Gasteiger partial charge in [0.15, 0.2) is 0 Å². The van der Waals surface area contributed by atoms with Crippen LogP contribution in [0.2, 0.25) is 0 Å². The number of aromatic hydroxyl groups is 1. The van der Waals surface area contributed by atoms with Crippen LogP contribution in [0.5, 0.6) is 5.88 Å². The monoisotopic (exact) mass is 480 g/mol. The van der Waals surface area contributed by atoms with Gasteiger partial charge in [-0.2, -0.15) is 0 Å². The number of benzene rings is 4. The molecule has 0 aliphatic carbocycles. The lowest BCUT2D eigenvalue weighted by Crippen LogP contribution is -2.25. The smallest absolute Gasteiger partial charge is 0.307 e. The van der Waals surface area contributed by atoms with Crippen LogP contribution < -0.4 is 10.2 Å². The van der Waals surface area contributed by atoms with Crippen LogP contribution in [0.15, 0.2) is 95.8 Å². The number of aromatic nitrogens is 1. The number of H-pyrrole nitrogens is 1. The SMILES string of the molecule is O=C(NCCc1cccc(-c2ccc(Cc3sc(=O)[nH]c3O)cc2)c1)c1ccc2ccccc2c1. The number of rotatable bonds is 7. The van der Waals surface area contributed by atoms with Crippen molar-refractivity contribution in [3.05, 3.63) is 122 Å². The Morgan fingerprint density at radius 3 is 2.40 bits per heavy atom. The maximum atomic E-state index is 12.6. The first-order chi connectivity index (χ1) is 17.0. The number of carbonyl (C=O) groups excluding carboxylic acids is 1. The third kappa shape index (κ3) is 5.34. The van der Waals surface area contributed by atoms with Crippen LogP contribution in [-0.4, -0.2) is 22.5 Å². The number of aromatic amines is 1. The summed E-state index contributed by atoms with van der Waals surface area (Å²) in [6.07, 6.45) is 1.24. The fourth-order valence-electron chi connectivity index (χ4n) is 4.13. The summed E-state index contributed by atoms with van der Waals surface area (Å²) in [5.41, 5.74) is 5.02. The van der Waals surface area contributed by atoms with Crippen LogP contribution >= 0.6 is 11.3 Å². The predicted molar refractivity (Wildman–Crippen MR) is 141 cm³/mol. The van der Waals surface area contributed by atoms with Gasteiger partial charge >= 0.3 is 4.87 Å². The fourth-order valence-corrected chi connectivity index (χ4v) is 4.89. The Kier molecular flexibility index (Phi) is 6.46. The summed E-state index contributed by atoms with van der Waals surface area (Å²) >= 11 is 1.03. The van der Waals surface area contributed by atoms with E-state index in [-0.39, 0.29) is 16.7 Å². The van der Waals surface area contributed by atoms with Gasteiger partial charge in [0.05, 0.1) is 4.88 Å². The highest BCUT2D eigenvalue weighted by Gasteiger charge is 2.09. The Morgan fingerprint density at radius 2 is 1.63 bits per heavy atom. The Hall–Kier alpha value is -4.16. The molecule has 0 bridgehead atoms. The van der Waals surface area contributed by atoms with Crippen molar-refractivity contribution >= 4 is 28.0 Å². The van der Waals surface area contributed by atoms with Crippen LogP contribution in [0.4, 0.5) is 0 Å². The second-order valence-electron chi connectivity index (χ2n) is 8.43. The fraction of sp³-hybridized carbons (Fsp3) is 0.103. The highest BCUT2D eigenvalue weighted by Crippen LogP contribution is 2.24. The first-order valence-electron chi connectivity index (χ1n) is 11.4. The van der Waals surface area contributed by atoms with Gasteiger partial charge in [-0.15, -0.1) is 0 Å². The van der Waals surface area contributed by atoms with E-state index >= 15 is 0 Å². The Bertz CT molecular complexity index is 1550. The molecule has 4 aromatic carbocycles. The van der Waals surface area contributed by atoms with Crippen molar-refractivity contribution in [1.82, 2.24) is 10.3 Å². The van der Waals surface area contributed by atoms with Gasteiger partial charge in [-0.05, 0) is 51.6 Å². The van der Waals surface area contributed by atoms with Gasteiger partial charge in [-0.25, -0.2) is 0 Å². The minimum atomic E-state index is -0.251. The third-order valence-corrected chi connectivity index (χ3v) is 6.86. The van der Waals surface area contributed by atoms with Gasteiger partial charge in [0.2, 0.25) is 5.88 Å². The molecular weight excluding hydrogens is 456 g/mol. The lowest BCUT2D eigenvalue weighted by atomic mass is 10.00. The summed E-state index contributed by atoms with van der Waals surface area (Å²) in [4.78, 5) is 26.8. The summed E-state index contributed by atoms with van der Waals surface area (Å²) in [6, 6.07) is 30.2. The van der Waals surface area contributed by atoms with Crippen molar-refractivity contribution in [3.8, 4) is 17.0 Å². The summed E-state index contributed by atoms with van der Waals surface area (Å²) in [5.74, 6) is -0.120. The summed E-state index contributed by atoms with van der Waals surface area (Å²) < 4.78 is 0. The number of thiazole rings is 1. The van der Waals surface area contributed by atoms with Crippen LogP contribution in [0.3, 0.4) is 0 Å². The molecule has 0 aliphatic heterocycles. The molecule has 0 saturated carbocycles. The standard InChI is InChI=1S/C29H24N2O3S/c32-27(25-13-12-21-5-1-2-6-24(21)18-25)30-15-14-19-4-3-7-23(16-19)22-10-8-20(9-11-22)17-26-28(33)31-29(34)35-26/h1-13,16,18,33H,14-15,17H2,(H,30,32)(H,31,34). The van der Waals surface area contributed by atoms with E-state index in [1.165, 1.54) is 0 Å². The van der Waals surface area contributed by atoms with Crippen LogP contribution in [0.25, 0.3) is 21.9 Å². The summed E-state index contributed by atoms with van der Waals surface area (Å²) in [6.45, 7) is 0.553. The van der Waals surface area contributed by atoms with Crippen molar-refractivity contribution in [2.45, 2.75) is 12.8 Å². The minimum Gasteiger partial charge on any atom is -0.494 e. The molecule has 1 amide bonds. The Balaban J connectivity index is 1.20. The molecule has 6 heteroatoms. The number of fused-ring (bicyclic) bond motifs is 1. The van der Waals surface area contributed by atoms with Crippen LogP contribution in [0, 0.1) is 0 Å².